The minimum atomic E-state index is -0.162. The number of hydrogen-bond donors (Lipinski definition) is 0. The number of rotatable bonds is 10. The third kappa shape index (κ3) is 14.7. The summed E-state index contributed by atoms with van der Waals surface area (Å²) in [4.78, 5) is 13.2. The maximum absolute atomic E-state index is 2.33. The highest BCUT2D eigenvalue weighted by molar-refractivity contribution is 7.99. The van der Waals surface area contributed by atoms with Gasteiger partial charge in [-0.25, -0.2) is 0 Å². The van der Waals surface area contributed by atoms with Crippen molar-refractivity contribution in [2.24, 2.45) is 0 Å². The fourth-order valence-corrected chi connectivity index (χ4v) is 14.0. The van der Waals surface area contributed by atoms with Crippen LogP contribution in [0.4, 0.5) is 0 Å². The fourth-order valence-electron chi connectivity index (χ4n) is 8.25. The lowest BCUT2D eigenvalue weighted by Gasteiger charge is -2.20. The Balaban J connectivity index is 0.000000213. The molecular weight excluding hydrogens is 945 g/mol. The largest absolute Gasteiger partial charge is 0.166 e. The molecule has 0 bridgehead atoms. The Kier molecular flexibility index (Phi) is 17.3. The molecule has 0 fully saturated rings. The van der Waals surface area contributed by atoms with Crippen LogP contribution in [0.1, 0.15) is 132 Å². The summed E-state index contributed by atoms with van der Waals surface area (Å²) >= 11 is 3.64. The Morgan fingerprint density at radius 3 is 0.583 bits per heavy atom. The predicted octanol–water partition coefficient (Wildman–Crippen LogP) is 20.4. The van der Waals surface area contributed by atoms with Gasteiger partial charge in [0.15, 0.2) is 29.4 Å². The Morgan fingerprint density at radius 1 is 0.208 bits per heavy atom. The molecule has 0 radical (unpaired) electrons. The van der Waals surface area contributed by atoms with E-state index in [2.05, 4.69) is 304 Å². The molecule has 4 heteroatoms. The molecular formula is C68H78S4+2. The second kappa shape index (κ2) is 22.7. The zero-order valence-electron chi connectivity index (χ0n) is 45.7. The molecule has 0 heterocycles. The van der Waals surface area contributed by atoms with Crippen molar-refractivity contribution in [3.05, 3.63) is 228 Å². The Hall–Kier alpha value is -4.84. The zero-order valence-corrected chi connectivity index (χ0v) is 49.0. The van der Waals surface area contributed by atoms with Gasteiger partial charge in [-0.15, -0.1) is 0 Å². The van der Waals surface area contributed by atoms with Gasteiger partial charge in [0.25, 0.3) is 0 Å². The van der Waals surface area contributed by atoms with E-state index in [1.165, 1.54) is 76.8 Å². The van der Waals surface area contributed by atoms with E-state index in [0.29, 0.717) is 0 Å². The lowest BCUT2D eigenvalue weighted by atomic mass is 9.87. The molecule has 0 N–H and O–H groups in total. The maximum Gasteiger partial charge on any atom is 0.166 e. The van der Waals surface area contributed by atoms with Crippen molar-refractivity contribution in [3.63, 3.8) is 0 Å². The molecule has 0 aliphatic carbocycles. The molecule has 372 valence electrons. The second-order valence-electron chi connectivity index (χ2n) is 23.9. The zero-order chi connectivity index (χ0) is 52.1. The van der Waals surface area contributed by atoms with E-state index in [0.717, 1.165) is 0 Å². The standard InChI is InChI=1S/C36H43S2.C32H35S2/c1-34(2,3)26-10-16-29(17-11-26)37-30-18-24-33(25-19-30)38(31-20-12-27(13-21-31)35(4,5)6)32-22-14-28(15-23-32)36(7,8)9;1-31(2,3)24-12-18-28(19-13-24)34(29-20-14-25(15-21-29)32(4,5)6)30-22-16-27(17-23-30)33-26-10-8-7-9-11-26/h10-25H,1-9H3;7-23H,1-6H3/q2*+1. The molecule has 0 amide bonds. The van der Waals surface area contributed by atoms with Gasteiger partial charge in [-0.05, 0) is 176 Å². The van der Waals surface area contributed by atoms with E-state index in [4.69, 9.17) is 0 Å². The van der Waals surface area contributed by atoms with Crippen LogP contribution in [0, 0.1) is 0 Å². The lowest BCUT2D eigenvalue weighted by Crippen LogP contribution is -2.13. The smallest absolute Gasteiger partial charge is 0.0901 e. The Bertz CT molecular complexity index is 2820. The van der Waals surface area contributed by atoms with Crippen LogP contribution in [0.3, 0.4) is 0 Å². The van der Waals surface area contributed by atoms with Gasteiger partial charge in [0.05, 0.1) is 21.8 Å². The van der Waals surface area contributed by atoms with Crippen LogP contribution < -0.4 is 0 Å². The third-order valence-corrected chi connectivity index (χ3v) is 19.4. The normalized spacial score (nSPS) is 12.5. The molecule has 0 nitrogen and oxygen atoms in total. The van der Waals surface area contributed by atoms with Gasteiger partial charge in [-0.1, -0.05) is 206 Å². The topological polar surface area (TPSA) is 0 Å². The molecule has 0 spiro atoms. The molecule has 0 unspecified atom stereocenters. The number of benzene rings is 8. The van der Waals surface area contributed by atoms with E-state index in [1.807, 2.05) is 23.5 Å². The van der Waals surface area contributed by atoms with E-state index in [-0.39, 0.29) is 48.9 Å². The summed E-state index contributed by atoms with van der Waals surface area (Å²) in [5, 5.41) is 0. The van der Waals surface area contributed by atoms with Crippen LogP contribution in [0.25, 0.3) is 0 Å². The summed E-state index contributed by atoms with van der Waals surface area (Å²) in [6, 6.07) is 75.1. The van der Waals surface area contributed by atoms with Gasteiger partial charge in [0.2, 0.25) is 0 Å². The van der Waals surface area contributed by atoms with Crippen molar-refractivity contribution in [2.45, 2.75) is 180 Å². The molecule has 72 heavy (non-hydrogen) atoms. The molecule has 0 aromatic heterocycles. The first-order valence-corrected chi connectivity index (χ1v) is 29.5. The van der Waals surface area contributed by atoms with E-state index in [1.54, 1.807) is 0 Å². The lowest BCUT2D eigenvalue weighted by molar-refractivity contribution is 0.589. The van der Waals surface area contributed by atoms with E-state index < -0.39 is 0 Å². The molecule has 8 rings (SSSR count). The van der Waals surface area contributed by atoms with Crippen molar-refractivity contribution in [1.82, 2.24) is 0 Å². The summed E-state index contributed by atoms with van der Waals surface area (Å²) in [6.07, 6.45) is 0. The summed E-state index contributed by atoms with van der Waals surface area (Å²) in [6.45, 7) is 34.1. The van der Waals surface area contributed by atoms with Crippen molar-refractivity contribution in [3.8, 4) is 0 Å². The van der Waals surface area contributed by atoms with E-state index >= 15 is 0 Å². The Morgan fingerprint density at radius 2 is 0.375 bits per heavy atom. The average Bonchev–Trinajstić information content (AvgIpc) is 3.33. The van der Waals surface area contributed by atoms with Crippen LogP contribution in [0.15, 0.2) is 249 Å². The third-order valence-electron chi connectivity index (χ3n) is 12.9. The Labute approximate surface area is 450 Å². The van der Waals surface area contributed by atoms with Crippen molar-refractivity contribution >= 4 is 45.3 Å². The monoisotopic (exact) mass is 1020 g/mol. The minimum absolute atomic E-state index is 0.148. The van der Waals surface area contributed by atoms with Gasteiger partial charge in [-0.3, -0.25) is 0 Å². The average molecular weight is 1020 g/mol. The molecule has 0 atom stereocenters. The van der Waals surface area contributed by atoms with Gasteiger partial charge in [0.1, 0.15) is 0 Å². The van der Waals surface area contributed by atoms with Gasteiger partial charge in [-0.2, -0.15) is 0 Å². The fraction of sp³-hybridized carbons (Fsp3) is 0.294. The van der Waals surface area contributed by atoms with Gasteiger partial charge in [0, 0.05) is 19.6 Å². The second-order valence-corrected chi connectivity index (χ2v) is 30.3. The first-order chi connectivity index (χ1) is 33.8. The van der Waals surface area contributed by atoms with Crippen LogP contribution >= 0.6 is 23.5 Å². The molecule has 0 aliphatic heterocycles. The van der Waals surface area contributed by atoms with Gasteiger partial charge < -0.3 is 0 Å². The summed E-state index contributed by atoms with van der Waals surface area (Å²) in [7, 11) is -0.311. The minimum Gasteiger partial charge on any atom is -0.0901 e. The van der Waals surface area contributed by atoms with E-state index in [9.17, 15) is 0 Å². The first-order valence-electron chi connectivity index (χ1n) is 25.5. The van der Waals surface area contributed by atoms with Crippen LogP contribution in [0.5, 0.6) is 0 Å². The molecule has 8 aromatic rings. The van der Waals surface area contributed by atoms with Crippen molar-refractivity contribution < 1.29 is 0 Å². The first kappa shape index (κ1) is 54.9. The molecule has 0 saturated heterocycles. The molecule has 0 aliphatic rings. The van der Waals surface area contributed by atoms with Crippen LogP contribution in [-0.2, 0) is 48.9 Å². The SMILES string of the molecule is CC(C)(C)c1ccc(Sc2ccc([S+](c3ccc(C(C)(C)C)cc3)c3ccc(C(C)(C)C)cc3)cc2)cc1.CC(C)(C)c1ccc([S+](c2ccc(Sc3ccccc3)cc2)c2ccc(C(C)(C)C)cc2)cc1. The summed E-state index contributed by atoms with van der Waals surface area (Å²) in [5.41, 5.74) is 7.64. The highest BCUT2D eigenvalue weighted by Crippen LogP contribution is 2.39. The summed E-state index contributed by atoms with van der Waals surface area (Å²) in [5.74, 6) is 0. The van der Waals surface area contributed by atoms with Crippen LogP contribution in [-0.4, -0.2) is 0 Å². The maximum atomic E-state index is 2.33. The number of hydrogen-bond acceptors (Lipinski definition) is 2. The van der Waals surface area contributed by atoms with Crippen LogP contribution in [0.2, 0.25) is 0 Å². The predicted molar refractivity (Wildman–Crippen MR) is 318 cm³/mol. The molecule has 8 aromatic carbocycles. The summed E-state index contributed by atoms with van der Waals surface area (Å²) < 4.78 is 0. The quantitative estimate of drug-likeness (QED) is 0.125. The van der Waals surface area contributed by atoms with Gasteiger partial charge >= 0.3 is 0 Å². The highest BCUT2D eigenvalue weighted by Gasteiger charge is 2.32. The van der Waals surface area contributed by atoms with Crippen molar-refractivity contribution in [1.29, 1.82) is 0 Å². The van der Waals surface area contributed by atoms with Crippen molar-refractivity contribution in [2.75, 3.05) is 0 Å². The molecule has 0 saturated carbocycles. The highest BCUT2D eigenvalue weighted by atomic mass is 32.2.